The van der Waals surface area contributed by atoms with Gasteiger partial charge in [-0.1, -0.05) is 103 Å². The van der Waals surface area contributed by atoms with Gasteiger partial charge in [-0.05, 0) is 25.7 Å². The van der Waals surface area contributed by atoms with E-state index in [1.54, 1.807) is 0 Å². The van der Waals surface area contributed by atoms with E-state index in [1.165, 1.54) is 70.6 Å². The van der Waals surface area contributed by atoms with Crippen LogP contribution in [0, 0.1) is 11.3 Å². The third kappa shape index (κ3) is 8.36. The Labute approximate surface area is 171 Å². The molecule has 0 aromatic carbocycles. The van der Waals surface area contributed by atoms with E-state index in [0.29, 0.717) is 12.8 Å². The fraction of sp³-hybridized carbons (Fsp3) is 0.833. The monoisotopic (exact) mass is 394 g/mol. The molecule has 1 atom stereocenters. The molecule has 1 saturated carbocycles. The fourth-order valence-electron chi connectivity index (χ4n) is 4.45. The number of aliphatic carboxylic acids is 2. The number of unbranched alkanes of at least 4 members (excludes halogenated alkanes) is 12. The van der Waals surface area contributed by atoms with Crippen LogP contribution in [0.25, 0.3) is 0 Å². The first-order chi connectivity index (χ1) is 13.6. The SMILES string of the molecule is CCCCCCCCCCCCCC/C=C/C1CCCCC1(C(=O)O)C(=O)O. The second-order valence-corrected chi connectivity index (χ2v) is 8.54. The maximum absolute atomic E-state index is 11.7. The van der Waals surface area contributed by atoms with Crippen molar-refractivity contribution in [3.63, 3.8) is 0 Å². The Morgan fingerprint density at radius 2 is 1.32 bits per heavy atom. The molecule has 1 aliphatic rings. The Morgan fingerprint density at radius 3 is 1.82 bits per heavy atom. The summed E-state index contributed by atoms with van der Waals surface area (Å²) in [7, 11) is 0. The quantitative estimate of drug-likeness (QED) is 0.168. The molecule has 0 radical (unpaired) electrons. The molecule has 0 aromatic heterocycles. The van der Waals surface area contributed by atoms with Crippen LogP contribution in [0.2, 0.25) is 0 Å². The Morgan fingerprint density at radius 1 is 0.821 bits per heavy atom. The Balaban J connectivity index is 2.12. The molecule has 1 aliphatic carbocycles. The summed E-state index contributed by atoms with van der Waals surface area (Å²) in [5, 5.41) is 19.1. The zero-order chi connectivity index (χ0) is 20.7. The summed E-state index contributed by atoms with van der Waals surface area (Å²) in [4.78, 5) is 23.3. The summed E-state index contributed by atoms with van der Waals surface area (Å²) < 4.78 is 0. The standard InChI is InChI=1S/C24H42O4/c1-2-3-4-5-6-7-8-9-10-11-12-13-14-15-18-21-19-16-17-20-24(21,22(25)26)23(27)28/h15,18,21H,2-14,16-17,19-20H2,1H3,(H,25,26)(H,27,28)/b18-15+. The van der Waals surface area contributed by atoms with Crippen LogP contribution in [0.3, 0.4) is 0 Å². The van der Waals surface area contributed by atoms with Gasteiger partial charge in [0.05, 0.1) is 0 Å². The molecule has 4 heteroatoms. The van der Waals surface area contributed by atoms with Crippen LogP contribution in [0.15, 0.2) is 12.2 Å². The van der Waals surface area contributed by atoms with Crippen LogP contribution in [0.4, 0.5) is 0 Å². The summed E-state index contributed by atoms with van der Waals surface area (Å²) in [5.41, 5.74) is -1.62. The number of allylic oxidation sites excluding steroid dienone is 2. The van der Waals surface area contributed by atoms with Gasteiger partial charge in [-0.3, -0.25) is 9.59 Å². The third-order valence-corrected chi connectivity index (χ3v) is 6.33. The average molecular weight is 395 g/mol. The predicted molar refractivity (Wildman–Crippen MR) is 114 cm³/mol. The summed E-state index contributed by atoms with van der Waals surface area (Å²) in [6.07, 6.45) is 23.1. The van der Waals surface area contributed by atoms with Gasteiger partial charge in [-0.25, -0.2) is 0 Å². The number of hydrogen-bond acceptors (Lipinski definition) is 2. The summed E-state index contributed by atoms with van der Waals surface area (Å²) in [6, 6.07) is 0. The molecule has 162 valence electrons. The van der Waals surface area contributed by atoms with Crippen molar-refractivity contribution in [3.8, 4) is 0 Å². The number of carboxylic acid groups (broad SMARTS) is 2. The molecular weight excluding hydrogens is 352 g/mol. The highest BCUT2D eigenvalue weighted by atomic mass is 16.4. The van der Waals surface area contributed by atoms with Crippen LogP contribution in [0.1, 0.15) is 116 Å². The molecule has 0 bridgehead atoms. The smallest absolute Gasteiger partial charge is 0.321 e. The highest BCUT2D eigenvalue weighted by Crippen LogP contribution is 2.43. The summed E-state index contributed by atoms with van der Waals surface area (Å²) in [6.45, 7) is 2.26. The lowest BCUT2D eigenvalue weighted by atomic mass is 9.66. The van der Waals surface area contributed by atoms with E-state index in [1.807, 2.05) is 12.2 Å². The minimum absolute atomic E-state index is 0.241. The Bertz CT molecular complexity index is 455. The highest BCUT2D eigenvalue weighted by Gasteiger charge is 2.52. The largest absolute Gasteiger partial charge is 0.480 e. The maximum Gasteiger partial charge on any atom is 0.321 e. The molecular formula is C24H42O4. The van der Waals surface area contributed by atoms with Gasteiger partial charge in [-0.15, -0.1) is 0 Å². The first-order valence-electron chi connectivity index (χ1n) is 11.7. The van der Waals surface area contributed by atoms with Crippen LogP contribution in [-0.4, -0.2) is 22.2 Å². The normalized spacial score (nSPS) is 19.1. The minimum Gasteiger partial charge on any atom is -0.480 e. The van der Waals surface area contributed by atoms with Gasteiger partial charge in [0.25, 0.3) is 0 Å². The van der Waals surface area contributed by atoms with Crippen LogP contribution in [0.5, 0.6) is 0 Å². The number of rotatable bonds is 16. The fourth-order valence-corrected chi connectivity index (χ4v) is 4.45. The lowest BCUT2D eigenvalue weighted by Crippen LogP contribution is -2.47. The molecule has 0 heterocycles. The first kappa shape index (κ1) is 24.7. The molecule has 2 N–H and O–H groups in total. The second kappa shape index (κ2) is 14.6. The molecule has 0 amide bonds. The van der Waals surface area contributed by atoms with Crippen LogP contribution >= 0.6 is 0 Å². The van der Waals surface area contributed by atoms with E-state index in [-0.39, 0.29) is 12.3 Å². The van der Waals surface area contributed by atoms with Crippen LogP contribution < -0.4 is 0 Å². The van der Waals surface area contributed by atoms with Crippen molar-refractivity contribution in [1.29, 1.82) is 0 Å². The van der Waals surface area contributed by atoms with Gasteiger partial charge in [0.15, 0.2) is 5.41 Å². The van der Waals surface area contributed by atoms with Gasteiger partial charge in [0, 0.05) is 5.92 Å². The van der Waals surface area contributed by atoms with Crippen molar-refractivity contribution in [1.82, 2.24) is 0 Å². The van der Waals surface area contributed by atoms with Gasteiger partial charge in [0.2, 0.25) is 0 Å². The average Bonchev–Trinajstić information content (AvgIpc) is 2.68. The molecule has 4 nitrogen and oxygen atoms in total. The van der Waals surface area contributed by atoms with Gasteiger partial charge in [0.1, 0.15) is 0 Å². The molecule has 1 rings (SSSR count). The lowest BCUT2D eigenvalue weighted by molar-refractivity contribution is -0.170. The van der Waals surface area contributed by atoms with E-state index in [0.717, 1.165) is 19.3 Å². The van der Waals surface area contributed by atoms with Crippen molar-refractivity contribution in [3.05, 3.63) is 12.2 Å². The highest BCUT2D eigenvalue weighted by molar-refractivity contribution is 5.99. The van der Waals surface area contributed by atoms with E-state index >= 15 is 0 Å². The Hall–Kier alpha value is -1.32. The topological polar surface area (TPSA) is 74.6 Å². The molecule has 1 unspecified atom stereocenters. The zero-order valence-corrected chi connectivity index (χ0v) is 18.0. The maximum atomic E-state index is 11.7. The first-order valence-corrected chi connectivity index (χ1v) is 11.7. The van der Waals surface area contributed by atoms with Gasteiger partial charge < -0.3 is 10.2 Å². The molecule has 0 aromatic rings. The Kier molecular flexibility index (Phi) is 12.9. The van der Waals surface area contributed by atoms with Crippen molar-refractivity contribution >= 4 is 11.9 Å². The lowest BCUT2D eigenvalue weighted by Gasteiger charge is -2.35. The number of carbonyl (C=O) groups is 2. The van der Waals surface area contributed by atoms with E-state index < -0.39 is 17.4 Å². The van der Waals surface area contributed by atoms with Crippen molar-refractivity contribution in [2.75, 3.05) is 0 Å². The van der Waals surface area contributed by atoms with Crippen molar-refractivity contribution < 1.29 is 19.8 Å². The minimum atomic E-state index is -1.62. The molecule has 1 fully saturated rings. The molecule has 0 saturated heterocycles. The molecule has 28 heavy (non-hydrogen) atoms. The summed E-state index contributed by atoms with van der Waals surface area (Å²) in [5.74, 6) is -2.74. The number of hydrogen-bond donors (Lipinski definition) is 2. The third-order valence-electron chi connectivity index (χ3n) is 6.33. The van der Waals surface area contributed by atoms with Crippen molar-refractivity contribution in [2.24, 2.45) is 11.3 Å². The van der Waals surface area contributed by atoms with Gasteiger partial charge in [-0.2, -0.15) is 0 Å². The molecule has 0 spiro atoms. The summed E-state index contributed by atoms with van der Waals surface area (Å²) >= 11 is 0. The second-order valence-electron chi connectivity index (χ2n) is 8.54. The number of carboxylic acids is 2. The van der Waals surface area contributed by atoms with E-state index in [9.17, 15) is 19.8 Å². The zero-order valence-electron chi connectivity index (χ0n) is 18.0. The van der Waals surface area contributed by atoms with Crippen LogP contribution in [-0.2, 0) is 9.59 Å². The van der Waals surface area contributed by atoms with E-state index in [2.05, 4.69) is 6.92 Å². The van der Waals surface area contributed by atoms with Crippen molar-refractivity contribution in [2.45, 2.75) is 116 Å². The van der Waals surface area contributed by atoms with E-state index in [4.69, 9.17) is 0 Å². The van der Waals surface area contributed by atoms with Gasteiger partial charge >= 0.3 is 11.9 Å². The molecule has 0 aliphatic heterocycles. The predicted octanol–water partition coefficient (Wildman–Crippen LogP) is 6.98.